The molecule has 0 atom stereocenters. The van der Waals surface area contributed by atoms with E-state index in [1.807, 2.05) is 13.8 Å². The monoisotopic (exact) mass is 240 g/mol. The highest BCUT2D eigenvalue weighted by atomic mass is 35.5. The van der Waals surface area contributed by atoms with Crippen molar-refractivity contribution in [3.05, 3.63) is 0 Å². The van der Waals surface area contributed by atoms with Crippen molar-refractivity contribution in [1.82, 2.24) is 0 Å². The number of ether oxygens (including phenoxy) is 1. The van der Waals surface area contributed by atoms with Crippen molar-refractivity contribution in [1.29, 1.82) is 0 Å². The van der Waals surface area contributed by atoms with E-state index in [9.17, 15) is 0 Å². The summed E-state index contributed by atoms with van der Waals surface area (Å²) in [6.07, 6.45) is 1.22. The van der Waals surface area contributed by atoms with Crippen molar-refractivity contribution in [2.75, 3.05) is 18.4 Å². The first-order valence-corrected chi connectivity index (χ1v) is 6.29. The summed E-state index contributed by atoms with van der Waals surface area (Å²) in [6, 6.07) is 0. The molecule has 0 aromatic heterocycles. The molecule has 0 unspecified atom stereocenters. The van der Waals surface area contributed by atoms with Gasteiger partial charge < -0.3 is 4.74 Å². The first-order valence-electron chi connectivity index (χ1n) is 5.22. The molecule has 0 aromatic carbocycles. The molecule has 0 amide bonds. The molecule has 0 rings (SSSR count). The molecule has 0 radical (unpaired) electrons. The number of alkyl halides is 2. The Morgan fingerprint density at radius 2 is 1.57 bits per heavy atom. The van der Waals surface area contributed by atoms with Gasteiger partial charge in [0.1, 0.15) is 0 Å². The van der Waals surface area contributed by atoms with Crippen LogP contribution in [0, 0.1) is 11.3 Å². The van der Waals surface area contributed by atoms with Crippen LogP contribution in [0.3, 0.4) is 0 Å². The minimum absolute atomic E-state index is 0.0258. The summed E-state index contributed by atoms with van der Waals surface area (Å²) in [4.78, 5) is 0. The Morgan fingerprint density at radius 1 is 1.07 bits per heavy atom. The molecule has 3 heteroatoms. The summed E-state index contributed by atoms with van der Waals surface area (Å²) in [6.45, 7) is 9.16. The average Bonchev–Trinajstić information content (AvgIpc) is 2.12. The van der Waals surface area contributed by atoms with Gasteiger partial charge in [0.15, 0.2) is 0 Å². The van der Waals surface area contributed by atoms with Crippen molar-refractivity contribution in [3.8, 4) is 0 Å². The van der Waals surface area contributed by atoms with Gasteiger partial charge in [-0.3, -0.25) is 0 Å². The fraction of sp³-hybridized carbons (Fsp3) is 1.00. The van der Waals surface area contributed by atoms with Crippen LogP contribution in [0.1, 0.15) is 34.1 Å². The van der Waals surface area contributed by atoms with Crippen LogP contribution >= 0.6 is 23.2 Å². The molecule has 0 aliphatic carbocycles. The molecular formula is C11H22Cl2O. The second kappa shape index (κ2) is 6.92. The molecule has 0 saturated heterocycles. The SMILES string of the molecule is CC(C)OCCC(CCl)(CCl)C(C)C. The van der Waals surface area contributed by atoms with Crippen LogP contribution < -0.4 is 0 Å². The third-order valence-corrected chi connectivity index (χ3v) is 3.87. The Balaban J connectivity index is 4.08. The van der Waals surface area contributed by atoms with Gasteiger partial charge in [-0.2, -0.15) is 0 Å². The smallest absolute Gasteiger partial charge is 0.0518 e. The van der Waals surface area contributed by atoms with Crippen molar-refractivity contribution in [2.45, 2.75) is 40.2 Å². The second-order valence-electron chi connectivity index (χ2n) is 4.45. The average molecular weight is 241 g/mol. The van der Waals surface area contributed by atoms with E-state index < -0.39 is 0 Å². The zero-order valence-electron chi connectivity index (χ0n) is 9.65. The molecule has 0 saturated carbocycles. The lowest BCUT2D eigenvalue weighted by molar-refractivity contribution is 0.0495. The largest absolute Gasteiger partial charge is 0.379 e. The van der Waals surface area contributed by atoms with Gasteiger partial charge >= 0.3 is 0 Å². The van der Waals surface area contributed by atoms with Gasteiger partial charge in [-0.05, 0) is 26.2 Å². The maximum absolute atomic E-state index is 5.99. The molecular weight excluding hydrogens is 219 g/mol. The maximum atomic E-state index is 5.99. The van der Waals surface area contributed by atoms with Gasteiger partial charge in [0.05, 0.1) is 6.10 Å². The van der Waals surface area contributed by atoms with Crippen LogP contribution in [0.5, 0.6) is 0 Å². The van der Waals surface area contributed by atoms with Crippen molar-refractivity contribution < 1.29 is 4.74 Å². The molecule has 1 nitrogen and oxygen atoms in total. The lowest BCUT2D eigenvalue weighted by Crippen LogP contribution is -2.33. The van der Waals surface area contributed by atoms with Crippen LogP contribution in [-0.2, 0) is 4.74 Å². The highest BCUT2D eigenvalue weighted by molar-refractivity contribution is 6.21. The molecule has 0 aliphatic rings. The first kappa shape index (κ1) is 14.5. The van der Waals surface area contributed by atoms with Crippen LogP contribution in [-0.4, -0.2) is 24.5 Å². The van der Waals surface area contributed by atoms with E-state index in [-0.39, 0.29) is 11.5 Å². The Labute approximate surface area is 98.1 Å². The third-order valence-electron chi connectivity index (χ3n) is 2.81. The Morgan fingerprint density at radius 3 is 1.86 bits per heavy atom. The van der Waals surface area contributed by atoms with Gasteiger partial charge in [0.2, 0.25) is 0 Å². The molecule has 14 heavy (non-hydrogen) atoms. The van der Waals surface area contributed by atoms with E-state index in [0.717, 1.165) is 13.0 Å². The minimum Gasteiger partial charge on any atom is -0.379 e. The normalized spacial score (nSPS) is 12.9. The molecule has 0 aromatic rings. The summed E-state index contributed by atoms with van der Waals surface area (Å²) >= 11 is 12.0. The van der Waals surface area contributed by atoms with E-state index >= 15 is 0 Å². The summed E-state index contributed by atoms with van der Waals surface area (Å²) < 4.78 is 5.53. The van der Waals surface area contributed by atoms with E-state index in [0.29, 0.717) is 17.7 Å². The van der Waals surface area contributed by atoms with Gasteiger partial charge in [0.25, 0.3) is 0 Å². The first-order chi connectivity index (χ1) is 6.48. The van der Waals surface area contributed by atoms with Crippen LogP contribution in [0.15, 0.2) is 0 Å². The molecule has 0 aliphatic heterocycles. The van der Waals surface area contributed by atoms with Crippen molar-refractivity contribution in [3.63, 3.8) is 0 Å². The minimum atomic E-state index is 0.0258. The zero-order chi connectivity index (χ0) is 11.2. The molecule has 0 spiro atoms. The number of hydrogen-bond donors (Lipinski definition) is 0. The fourth-order valence-electron chi connectivity index (χ4n) is 1.26. The summed E-state index contributed by atoms with van der Waals surface area (Å²) in [5, 5.41) is 0. The Hall–Kier alpha value is 0.540. The van der Waals surface area contributed by atoms with E-state index in [2.05, 4.69) is 13.8 Å². The Bertz CT molecular complexity index is 142. The molecule has 86 valence electrons. The van der Waals surface area contributed by atoms with Crippen LogP contribution in [0.25, 0.3) is 0 Å². The molecule has 0 N–H and O–H groups in total. The van der Waals surface area contributed by atoms with Crippen molar-refractivity contribution in [2.24, 2.45) is 11.3 Å². The van der Waals surface area contributed by atoms with E-state index in [1.165, 1.54) is 0 Å². The maximum Gasteiger partial charge on any atom is 0.0518 e. The second-order valence-corrected chi connectivity index (χ2v) is 4.99. The van der Waals surface area contributed by atoms with Crippen LogP contribution in [0.4, 0.5) is 0 Å². The lowest BCUT2D eigenvalue weighted by Gasteiger charge is -2.34. The topological polar surface area (TPSA) is 9.23 Å². The van der Waals surface area contributed by atoms with Gasteiger partial charge in [-0.1, -0.05) is 13.8 Å². The molecule has 0 heterocycles. The predicted octanol–water partition coefficient (Wildman–Crippen LogP) is 3.92. The summed E-state index contributed by atoms with van der Waals surface area (Å²) in [7, 11) is 0. The number of halogens is 2. The van der Waals surface area contributed by atoms with Crippen LogP contribution in [0.2, 0.25) is 0 Å². The standard InChI is InChI=1S/C11H22Cl2O/c1-9(2)11(7-12,8-13)5-6-14-10(3)4/h9-10H,5-8H2,1-4H3. The highest BCUT2D eigenvalue weighted by Gasteiger charge is 2.31. The lowest BCUT2D eigenvalue weighted by atomic mass is 9.78. The van der Waals surface area contributed by atoms with Crippen molar-refractivity contribution >= 4 is 23.2 Å². The zero-order valence-corrected chi connectivity index (χ0v) is 11.2. The van der Waals surface area contributed by atoms with Gasteiger partial charge in [-0.25, -0.2) is 0 Å². The highest BCUT2D eigenvalue weighted by Crippen LogP contribution is 2.34. The Kier molecular flexibility index (Phi) is 7.19. The molecule has 0 fully saturated rings. The van der Waals surface area contributed by atoms with E-state index in [1.54, 1.807) is 0 Å². The fourth-order valence-corrected chi connectivity index (χ4v) is 2.43. The predicted molar refractivity (Wildman–Crippen MR) is 64.4 cm³/mol. The van der Waals surface area contributed by atoms with Gasteiger partial charge in [-0.15, -0.1) is 23.2 Å². The number of hydrogen-bond acceptors (Lipinski definition) is 1. The summed E-state index contributed by atoms with van der Waals surface area (Å²) in [5.41, 5.74) is 0.0258. The third kappa shape index (κ3) is 4.37. The van der Waals surface area contributed by atoms with Gasteiger partial charge in [0, 0.05) is 23.8 Å². The summed E-state index contributed by atoms with van der Waals surface area (Å²) in [5.74, 6) is 1.71. The quantitative estimate of drug-likeness (QED) is 0.614. The number of rotatable bonds is 7. The molecule has 0 bridgehead atoms. The van der Waals surface area contributed by atoms with E-state index in [4.69, 9.17) is 27.9 Å².